The first-order valence-electron chi connectivity index (χ1n) is 6.46. The van der Waals surface area contributed by atoms with Gasteiger partial charge in [0.1, 0.15) is 16.3 Å². The molecule has 5 nitrogen and oxygen atoms in total. The lowest BCUT2D eigenvalue weighted by molar-refractivity contribution is 0.0685. The largest absolute Gasteiger partial charge is 0.477 e. The molecule has 0 aromatic heterocycles. The molecule has 0 spiro atoms. The number of hydrogen-bond acceptors (Lipinski definition) is 3. The highest BCUT2D eigenvalue weighted by Crippen LogP contribution is 2.33. The number of rotatable bonds is 6. The fourth-order valence-corrected chi connectivity index (χ4v) is 3.51. The minimum absolute atomic E-state index is 0.403. The Balaban J connectivity index is 2.31. The first kappa shape index (κ1) is 15.8. The number of carboxylic acid groups (broad SMARTS) is 1. The standard InChI is InChI=1S/C13H15F2NO4S/c1-7(6-8-2-3-8)16-21(19,20)10-5-4-9(14)11(12(10)15)13(17)18/h4-5,7-8,16H,2-3,6H2,1H3,(H,17,18). The van der Waals surface area contributed by atoms with Crippen molar-refractivity contribution >= 4 is 16.0 Å². The van der Waals surface area contributed by atoms with Crippen molar-refractivity contribution in [3.63, 3.8) is 0 Å². The number of halogens is 2. The smallest absolute Gasteiger partial charge is 0.341 e. The van der Waals surface area contributed by atoms with E-state index in [0.717, 1.165) is 18.9 Å². The molecule has 0 heterocycles. The van der Waals surface area contributed by atoms with Gasteiger partial charge in [-0.1, -0.05) is 12.8 Å². The summed E-state index contributed by atoms with van der Waals surface area (Å²) in [6.07, 6.45) is 2.72. The zero-order valence-electron chi connectivity index (χ0n) is 11.3. The third-order valence-corrected chi connectivity index (χ3v) is 4.91. The topological polar surface area (TPSA) is 83.5 Å². The highest BCUT2D eigenvalue weighted by atomic mass is 32.2. The third kappa shape index (κ3) is 3.56. The number of carboxylic acids is 1. The molecule has 2 rings (SSSR count). The van der Waals surface area contributed by atoms with Crippen molar-refractivity contribution in [2.75, 3.05) is 0 Å². The molecule has 0 amide bonds. The normalized spacial score (nSPS) is 16.7. The number of sulfonamides is 1. The van der Waals surface area contributed by atoms with E-state index in [2.05, 4.69) is 4.72 Å². The van der Waals surface area contributed by atoms with E-state index in [1.165, 1.54) is 0 Å². The highest BCUT2D eigenvalue weighted by Gasteiger charge is 2.30. The van der Waals surface area contributed by atoms with E-state index in [4.69, 9.17) is 5.11 Å². The zero-order valence-corrected chi connectivity index (χ0v) is 12.1. The van der Waals surface area contributed by atoms with Crippen molar-refractivity contribution < 1.29 is 27.1 Å². The molecule has 1 atom stereocenters. The van der Waals surface area contributed by atoms with E-state index in [9.17, 15) is 22.0 Å². The Kier molecular flexibility index (Phi) is 4.29. The molecule has 8 heteroatoms. The van der Waals surface area contributed by atoms with Crippen LogP contribution in [0.15, 0.2) is 17.0 Å². The lowest BCUT2D eigenvalue weighted by atomic mass is 10.2. The van der Waals surface area contributed by atoms with Gasteiger partial charge in [0.15, 0.2) is 5.82 Å². The maximum Gasteiger partial charge on any atom is 0.341 e. The van der Waals surface area contributed by atoms with Gasteiger partial charge in [0.2, 0.25) is 10.0 Å². The van der Waals surface area contributed by atoms with Gasteiger partial charge in [-0.25, -0.2) is 26.7 Å². The van der Waals surface area contributed by atoms with E-state index in [0.29, 0.717) is 18.4 Å². The maximum atomic E-state index is 14.0. The van der Waals surface area contributed by atoms with Crippen LogP contribution in [0.1, 0.15) is 36.5 Å². The monoisotopic (exact) mass is 319 g/mol. The second-order valence-corrected chi connectivity index (χ2v) is 6.92. The lowest BCUT2D eigenvalue weighted by Gasteiger charge is -2.15. The van der Waals surface area contributed by atoms with Crippen LogP contribution in [-0.2, 0) is 10.0 Å². The molecule has 1 saturated carbocycles. The van der Waals surface area contributed by atoms with Gasteiger partial charge >= 0.3 is 5.97 Å². The first-order chi connectivity index (χ1) is 9.72. The molecule has 21 heavy (non-hydrogen) atoms. The molecule has 1 fully saturated rings. The van der Waals surface area contributed by atoms with E-state index in [-0.39, 0.29) is 0 Å². The Labute approximate surface area is 121 Å². The molecule has 2 N–H and O–H groups in total. The van der Waals surface area contributed by atoms with Crippen LogP contribution in [-0.4, -0.2) is 25.5 Å². The van der Waals surface area contributed by atoms with Crippen molar-refractivity contribution in [1.82, 2.24) is 4.72 Å². The summed E-state index contributed by atoms with van der Waals surface area (Å²) in [6, 6.07) is 0.955. The Morgan fingerprint density at radius 2 is 2.05 bits per heavy atom. The summed E-state index contributed by atoms with van der Waals surface area (Å²) >= 11 is 0. The molecule has 1 aliphatic rings. The fourth-order valence-electron chi connectivity index (χ4n) is 2.17. The molecule has 116 valence electrons. The average molecular weight is 319 g/mol. The number of benzene rings is 1. The van der Waals surface area contributed by atoms with E-state index < -0.39 is 44.1 Å². The van der Waals surface area contributed by atoms with Gasteiger partial charge in [0.05, 0.1) is 0 Å². The summed E-state index contributed by atoms with van der Waals surface area (Å²) in [5, 5.41) is 8.75. The number of aromatic carboxylic acids is 1. The number of hydrogen-bond donors (Lipinski definition) is 2. The van der Waals surface area contributed by atoms with Crippen LogP contribution in [0, 0.1) is 17.6 Å². The van der Waals surface area contributed by atoms with Gasteiger partial charge in [0, 0.05) is 6.04 Å². The quantitative estimate of drug-likeness (QED) is 0.841. The van der Waals surface area contributed by atoms with Crippen LogP contribution >= 0.6 is 0 Å². The van der Waals surface area contributed by atoms with Crippen LogP contribution in [0.4, 0.5) is 8.78 Å². The average Bonchev–Trinajstić information content (AvgIpc) is 3.10. The van der Waals surface area contributed by atoms with Crippen molar-refractivity contribution in [2.45, 2.75) is 37.1 Å². The molecule has 1 aromatic rings. The highest BCUT2D eigenvalue weighted by molar-refractivity contribution is 7.89. The van der Waals surface area contributed by atoms with Crippen LogP contribution < -0.4 is 4.72 Å². The molecule has 0 radical (unpaired) electrons. The Hall–Kier alpha value is -1.54. The molecular formula is C13H15F2NO4S. The number of carbonyl (C=O) groups is 1. The van der Waals surface area contributed by atoms with E-state index in [1.807, 2.05) is 0 Å². The fraction of sp³-hybridized carbons (Fsp3) is 0.462. The van der Waals surface area contributed by atoms with Crippen LogP contribution in [0.2, 0.25) is 0 Å². The molecule has 0 saturated heterocycles. The zero-order chi connectivity index (χ0) is 15.8. The summed E-state index contributed by atoms with van der Waals surface area (Å²) in [7, 11) is -4.24. The van der Waals surface area contributed by atoms with Gasteiger partial charge in [0.25, 0.3) is 0 Å². The van der Waals surface area contributed by atoms with Crippen LogP contribution in [0.5, 0.6) is 0 Å². The molecular weight excluding hydrogens is 304 g/mol. The minimum Gasteiger partial charge on any atom is -0.477 e. The Morgan fingerprint density at radius 1 is 1.43 bits per heavy atom. The maximum absolute atomic E-state index is 14.0. The minimum atomic E-state index is -4.24. The summed E-state index contributed by atoms with van der Waals surface area (Å²) in [5.74, 6) is -4.29. The third-order valence-electron chi connectivity index (χ3n) is 3.30. The molecule has 0 bridgehead atoms. The molecule has 0 aliphatic heterocycles. The predicted octanol–water partition coefficient (Wildman–Crippen LogP) is 2.13. The molecule has 1 aliphatic carbocycles. The molecule has 1 aromatic carbocycles. The van der Waals surface area contributed by atoms with Gasteiger partial charge in [-0.3, -0.25) is 0 Å². The van der Waals surface area contributed by atoms with Gasteiger partial charge < -0.3 is 5.11 Å². The van der Waals surface area contributed by atoms with E-state index in [1.54, 1.807) is 6.92 Å². The lowest BCUT2D eigenvalue weighted by Crippen LogP contribution is -2.33. The van der Waals surface area contributed by atoms with Crippen LogP contribution in [0.25, 0.3) is 0 Å². The molecule has 1 unspecified atom stereocenters. The van der Waals surface area contributed by atoms with Crippen molar-refractivity contribution in [3.8, 4) is 0 Å². The van der Waals surface area contributed by atoms with Crippen molar-refractivity contribution in [3.05, 3.63) is 29.3 Å². The Morgan fingerprint density at radius 3 is 2.57 bits per heavy atom. The van der Waals surface area contributed by atoms with Crippen molar-refractivity contribution in [2.24, 2.45) is 5.92 Å². The van der Waals surface area contributed by atoms with Gasteiger partial charge in [-0.05, 0) is 31.4 Å². The first-order valence-corrected chi connectivity index (χ1v) is 7.94. The SMILES string of the molecule is CC(CC1CC1)NS(=O)(=O)c1ccc(F)c(C(=O)O)c1F. The van der Waals surface area contributed by atoms with E-state index >= 15 is 0 Å². The van der Waals surface area contributed by atoms with Crippen LogP contribution in [0.3, 0.4) is 0 Å². The number of nitrogens with one attached hydrogen (secondary N) is 1. The Bertz CT molecular complexity index is 671. The van der Waals surface area contributed by atoms with Crippen molar-refractivity contribution in [1.29, 1.82) is 0 Å². The summed E-state index contributed by atoms with van der Waals surface area (Å²) in [4.78, 5) is 9.95. The predicted molar refractivity (Wildman–Crippen MR) is 70.4 cm³/mol. The summed E-state index contributed by atoms with van der Waals surface area (Å²) in [5.41, 5.74) is -1.27. The summed E-state index contributed by atoms with van der Waals surface area (Å²) < 4.78 is 53.7. The second kappa shape index (κ2) is 5.69. The second-order valence-electron chi connectivity index (χ2n) is 5.24. The summed E-state index contributed by atoms with van der Waals surface area (Å²) in [6.45, 7) is 1.65. The van der Waals surface area contributed by atoms with Gasteiger partial charge in [-0.15, -0.1) is 0 Å². The van der Waals surface area contributed by atoms with Gasteiger partial charge in [-0.2, -0.15) is 0 Å².